The van der Waals surface area contributed by atoms with E-state index in [1.54, 1.807) is 19.0 Å². The van der Waals surface area contributed by atoms with Crippen LogP contribution in [0.4, 0.5) is 0 Å². The van der Waals surface area contributed by atoms with Gasteiger partial charge in [0.05, 0.1) is 6.54 Å². The van der Waals surface area contributed by atoms with E-state index in [4.69, 9.17) is 0 Å². The monoisotopic (exact) mass is 506 g/mol. The Kier molecular flexibility index (Phi) is 9.26. The second-order valence-electron chi connectivity index (χ2n) is 8.05. The molecule has 2 aliphatic heterocycles. The Balaban J connectivity index is 0.00000280. The number of aliphatic imine (C=N–C) groups is 1. The molecule has 0 aromatic heterocycles. The number of rotatable bonds is 5. The van der Waals surface area contributed by atoms with E-state index < -0.39 is 0 Å². The molecule has 28 heavy (non-hydrogen) atoms. The summed E-state index contributed by atoms with van der Waals surface area (Å²) in [7, 11) is 3.51. The van der Waals surface area contributed by atoms with Crippen molar-refractivity contribution in [2.75, 3.05) is 66.5 Å². The Morgan fingerprint density at radius 2 is 1.61 bits per heavy atom. The lowest BCUT2D eigenvalue weighted by Crippen LogP contribution is -2.55. The molecule has 0 atom stereocenters. The highest BCUT2D eigenvalue weighted by Gasteiger charge is 2.28. The quantitative estimate of drug-likeness (QED) is 0.333. The first-order valence-corrected chi connectivity index (χ1v) is 10.3. The van der Waals surface area contributed by atoms with Gasteiger partial charge in [-0.25, -0.2) is 4.99 Å². The van der Waals surface area contributed by atoms with E-state index in [1.165, 1.54) is 19.3 Å². The fourth-order valence-electron chi connectivity index (χ4n) is 3.48. The Hall–Kier alpha value is -1.10. The van der Waals surface area contributed by atoms with Gasteiger partial charge in [0.2, 0.25) is 11.8 Å². The lowest BCUT2D eigenvalue weighted by Gasteiger charge is -2.37. The van der Waals surface area contributed by atoms with Gasteiger partial charge in [0.15, 0.2) is 5.96 Å². The molecule has 0 aromatic rings. The Morgan fingerprint density at radius 1 is 0.964 bits per heavy atom. The van der Waals surface area contributed by atoms with E-state index in [-0.39, 0.29) is 42.3 Å². The van der Waals surface area contributed by atoms with Crippen LogP contribution in [0.1, 0.15) is 32.1 Å². The van der Waals surface area contributed by atoms with Gasteiger partial charge in [0.25, 0.3) is 0 Å². The molecule has 1 aliphatic carbocycles. The number of nitrogens with one attached hydrogen (secondary N) is 1. The van der Waals surface area contributed by atoms with Crippen LogP contribution < -0.4 is 5.32 Å². The molecule has 9 heteroatoms. The molecule has 8 nitrogen and oxygen atoms in total. The molecule has 3 fully saturated rings. The van der Waals surface area contributed by atoms with Crippen molar-refractivity contribution in [2.24, 2.45) is 4.99 Å². The van der Waals surface area contributed by atoms with Gasteiger partial charge in [-0.3, -0.25) is 14.5 Å². The van der Waals surface area contributed by atoms with Crippen molar-refractivity contribution in [3.05, 3.63) is 0 Å². The van der Waals surface area contributed by atoms with Gasteiger partial charge in [-0.05, 0) is 32.1 Å². The highest BCUT2D eigenvalue weighted by Crippen LogP contribution is 2.19. The normalized spacial score (nSPS) is 21.1. The maximum Gasteiger partial charge on any atom is 0.243 e. The second-order valence-corrected chi connectivity index (χ2v) is 8.05. The number of piperidine rings is 1. The largest absolute Gasteiger partial charge is 0.353 e. The van der Waals surface area contributed by atoms with Gasteiger partial charge in [-0.1, -0.05) is 0 Å². The minimum absolute atomic E-state index is 0. The number of likely N-dealkylation sites (tertiary alicyclic amines) is 1. The van der Waals surface area contributed by atoms with Crippen LogP contribution in [0.5, 0.6) is 0 Å². The van der Waals surface area contributed by atoms with Crippen molar-refractivity contribution in [3.63, 3.8) is 0 Å². The first-order chi connectivity index (χ1) is 13.0. The average molecular weight is 506 g/mol. The van der Waals surface area contributed by atoms with Crippen molar-refractivity contribution < 1.29 is 9.59 Å². The molecule has 0 radical (unpaired) electrons. The van der Waals surface area contributed by atoms with E-state index in [2.05, 4.69) is 20.1 Å². The Labute approximate surface area is 185 Å². The summed E-state index contributed by atoms with van der Waals surface area (Å²) in [5, 5.41) is 3.47. The fourth-order valence-corrected chi connectivity index (χ4v) is 3.48. The number of halogens is 1. The molecule has 160 valence electrons. The second kappa shape index (κ2) is 11.2. The lowest BCUT2D eigenvalue weighted by atomic mass is 10.1. The van der Waals surface area contributed by atoms with Crippen molar-refractivity contribution in [3.8, 4) is 0 Å². The molecule has 0 spiro atoms. The minimum Gasteiger partial charge on any atom is -0.353 e. The number of carbonyl (C=O) groups excluding carboxylic acids is 2. The van der Waals surface area contributed by atoms with Crippen LogP contribution in [-0.4, -0.2) is 110 Å². The first-order valence-electron chi connectivity index (χ1n) is 10.3. The van der Waals surface area contributed by atoms with Gasteiger partial charge >= 0.3 is 0 Å². The lowest BCUT2D eigenvalue weighted by molar-refractivity contribution is -0.133. The molecule has 1 N–H and O–H groups in total. The molecular weight excluding hydrogens is 471 g/mol. The van der Waals surface area contributed by atoms with Gasteiger partial charge in [-0.2, -0.15) is 0 Å². The summed E-state index contributed by atoms with van der Waals surface area (Å²) < 4.78 is 0. The van der Waals surface area contributed by atoms with Gasteiger partial charge in [0, 0.05) is 59.4 Å². The summed E-state index contributed by atoms with van der Waals surface area (Å²) in [6.45, 7) is 5.91. The number of guanidine groups is 1. The molecule has 2 amide bonds. The summed E-state index contributed by atoms with van der Waals surface area (Å²) in [5.41, 5.74) is 0. The summed E-state index contributed by atoms with van der Waals surface area (Å²) in [6, 6.07) is 0.497. The summed E-state index contributed by atoms with van der Waals surface area (Å²) in [6.07, 6.45) is 5.86. The SMILES string of the molecule is CN(C)C(=O)CN=C(NC1CC1)N1CCN(CC(=O)N2CCCCC2)CC1.I. The summed E-state index contributed by atoms with van der Waals surface area (Å²) in [5.74, 6) is 1.12. The van der Waals surface area contributed by atoms with Gasteiger partial charge in [0.1, 0.15) is 6.54 Å². The molecule has 1 saturated carbocycles. The van der Waals surface area contributed by atoms with Crippen molar-refractivity contribution in [1.29, 1.82) is 0 Å². The van der Waals surface area contributed by atoms with Crippen LogP contribution in [-0.2, 0) is 9.59 Å². The van der Waals surface area contributed by atoms with E-state index in [0.717, 1.165) is 58.1 Å². The van der Waals surface area contributed by atoms with E-state index in [0.29, 0.717) is 12.6 Å². The zero-order valence-electron chi connectivity index (χ0n) is 17.2. The molecule has 3 rings (SSSR count). The van der Waals surface area contributed by atoms with Gasteiger partial charge < -0.3 is 20.0 Å². The van der Waals surface area contributed by atoms with Crippen LogP contribution in [0, 0.1) is 0 Å². The van der Waals surface area contributed by atoms with E-state index in [9.17, 15) is 9.59 Å². The highest BCUT2D eigenvalue weighted by atomic mass is 127. The topological polar surface area (TPSA) is 71.5 Å². The molecular formula is C19H35IN6O2. The molecule has 2 heterocycles. The maximum atomic E-state index is 12.5. The van der Waals surface area contributed by atoms with E-state index in [1.807, 2.05) is 4.90 Å². The average Bonchev–Trinajstić information content (AvgIpc) is 3.50. The number of amides is 2. The highest BCUT2D eigenvalue weighted by molar-refractivity contribution is 14.0. The molecule has 3 aliphatic rings. The molecule has 0 unspecified atom stereocenters. The molecule has 0 bridgehead atoms. The number of hydrogen-bond acceptors (Lipinski definition) is 4. The first kappa shape index (κ1) is 23.2. The minimum atomic E-state index is 0. The maximum absolute atomic E-state index is 12.5. The summed E-state index contributed by atoms with van der Waals surface area (Å²) in [4.78, 5) is 37.0. The zero-order valence-corrected chi connectivity index (χ0v) is 19.6. The predicted molar refractivity (Wildman–Crippen MR) is 121 cm³/mol. The number of nitrogens with zero attached hydrogens (tertiary/aromatic N) is 5. The predicted octanol–water partition coefficient (Wildman–Crippen LogP) is 0.431. The number of likely N-dealkylation sites (N-methyl/N-ethyl adjacent to an activating group) is 1. The third-order valence-corrected chi connectivity index (χ3v) is 5.51. The van der Waals surface area contributed by atoms with Crippen LogP contribution in [0.3, 0.4) is 0 Å². The van der Waals surface area contributed by atoms with Crippen molar-refractivity contribution >= 4 is 41.8 Å². The third-order valence-electron chi connectivity index (χ3n) is 5.51. The smallest absolute Gasteiger partial charge is 0.243 e. The molecule has 0 aromatic carbocycles. The van der Waals surface area contributed by atoms with Crippen LogP contribution in [0.15, 0.2) is 4.99 Å². The fraction of sp³-hybridized carbons (Fsp3) is 0.842. The van der Waals surface area contributed by atoms with Crippen molar-refractivity contribution in [2.45, 2.75) is 38.1 Å². The number of piperazine rings is 1. The van der Waals surface area contributed by atoms with Crippen LogP contribution in [0.2, 0.25) is 0 Å². The van der Waals surface area contributed by atoms with E-state index >= 15 is 0 Å². The van der Waals surface area contributed by atoms with Crippen molar-refractivity contribution in [1.82, 2.24) is 24.9 Å². The number of hydrogen-bond donors (Lipinski definition) is 1. The Morgan fingerprint density at radius 3 is 2.18 bits per heavy atom. The third kappa shape index (κ3) is 7.06. The number of carbonyl (C=O) groups is 2. The van der Waals surface area contributed by atoms with Gasteiger partial charge in [-0.15, -0.1) is 24.0 Å². The van der Waals surface area contributed by atoms with Crippen LogP contribution in [0.25, 0.3) is 0 Å². The molecule has 2 saturated heterocycles. The zero-order chi connectivity index (χ0) is 19.2. The standard InChI is InChI=1S/C19H34N6O2.HI/c1-22(2)17(26)14-20-19(21-16-6-7-16)25-12-10-23(11-13-25)15-18(27)24-8-4-3-5-9-24;/h16H,3-15H2,1-2H3,(H,20,21);1H. The van der Waals surface area contributed by atoms with Crippen LogP contribution >= 0.6 is 24.0 Å². The Bertz CT molecular complexity index is 553. The summed E-state index contributed by atoms with van der Waals surface area (Å²) >= 11 is 0.